The number of rotatable bonds is 23. The Bertz CT molecular complexity index is 527. The van der Waals surface area contributed by atoms with Crippen LogP contribution in [0.5, 0.6) is 0 Å². The number of hydrogen-bond acceptors (Lipinski definition) is 2. The maximum Gasteiger partial charge on any atom is 0.362 e. The van der Waals surface area contributed by atoms with Gasteiger partial charge in [-0.15, -0.1) is 0 Å². The first-order valence-corrected chi connectivity index (χ1v) is 15.4. The second-order valence-electron chi connectivity index (χ2n) is 11.1. The number of quaternary nitrogens is 1. The van der Waals surface area contributed by atoms with Crippen LogP contribution in [0.4, 0.5) is 0 Å². The highest BCUT2D eigenvalue weighted by Crippen LogP contribution is 2.52. The summed E-state index contributed by atoms with van der Waals surface area (Å²) in [6.45, 7) is 2.29. The molecule has 0 saturated heterocycles. The Balaban J connectivity index is 3.52. The van der Waals surface area contributed by atoms with E-state index in [1.807, 2.05) is 21.1 Å². The second kappa shape index (κ2) is 19.1. The SMILES string of the molecule is CCC/C=C\CCCCCCCCCCCCCCCCCC(O)(C[N+](C)(C)C)P(=O)(O)O. The van der Waals surface area contributed by atoms with E-state index in [4.69, 9.17) is 0 Å². The van der Waals surface area contributed by atoms with Crippen LogP contribution in [-0.4, -0.2) is 52.4 Å². The number of nitrogens with zero attached hydrogens (tertiary/aromatic N) is 1. The van der Waals surface area contributed by atoms with Gasteiger partial charge in [0.15, 0.2) is 0 Å². The van der Waals surface area contributed by atoms with Crippen LogP contribution >= 0.6 is 7.60 Å². The first-order chi connectivity index (χ1) is 15.5. The Morgan fingerprint density at radius 2 is 1.03 bits per heavy atom. The van der Waals surface area contributed by atoms with Crippen LogP contribution in [0.1, 0.15) is 129 Å². The molecule has 1 unspecified atom stereocenters. The molecule has 198 valence electrons. The van der Waals surface area contributed by atoms with Crippen LogP contribution < -0.4 is 0 Å². The van der Waals surface area contributed by atoms with E-state index in [2.05, 4.69) is 19.1 Å². The van der Waals surface area contributed by atoms with Crippen molar-refractivity contribution in [1.29, 1.82) is 0 Å². The lowest BCUT2D eigenvalue weighted by atomic mass is 10.0. The fraction of sp³-hybridized carbons (Fsp3) is 0.926. The normalized spacial score (nSPS) is 14.8. The van der Waals surface area contributed by atoms with Crippen molar-refractivity contribution in [1.82, 2.24) is 0 Å². The van der Waals surface area contributed by atoms with Gasteiger partial charge in [0.2, 0.25) is 5.34 Å². The van der Waals surface area contributed by atoms with E-state index in [9.17, 15) is 19.5 Å². The molecule has 0 rings (SSSR count). The summed E-state index contributed by atoms with van der Waals surface area (Å²) in [6.07, 6.45) is 27.3. The third-order valence-electron chi connectivity index (χ3n) is 6.34. The summed E-state index contributed by atoms with van der Waals surface area (Å²) in [6, 6.07) is 0. The number of hydrogen-bond donors (Lipinski definition) is 3. The molecule has 0 fully saturated rings. The molecule has 5 nitrogen and oxygen atoms in total. The zero-order chi connectivity index (χ0) is 25.1. The number of likely N-dealkylation sites (N-methyl/N-ethyl adjacent to an activating group) is 1. The van der Waals surface area contributed by atoms with Crippen molar-refractivity contribution in [2.45, 2.75) is 134 Å². The van der Waals surface area contributed by atoms with Gasteiger partial charge in [-0.2, -0.15) is 0 Å². The summed E-state index contributed by atoms with van der Waals surface area (Å²) in [7, 11) is 0.988. The highest BCUT2D eigenvalue weighted by atomic mass is 31.2. The van der Waals surface area contributed by atoms with Crippen LogP contribution in [0.2, 0.25) is 0 Å². The molecule has 0 spiro atoms. The average Bonchev–Trinajstić information content (AvgIpc) is 2.70. The van der Waals surface area contributed by atoms with Crippen LogP contribution in [0, 0.1) is 0 Å². The van der Waals surface area contributed by atoms with Gasteiger partial charge in [-0.25, -0.2) is 0 Å². The molecule has 0 aliphatic rings. The van der Waals surface area contributed by atoms with Crippen molar-refractivity contribution in [3.05, 3.63) is 12.2 Å². The Kier molecular flexibility index (Phi) is 18.9. The molecule has 0 bridgehead atoms. The van der Waals surface area contributed by atoms with Crippen molar-refractivity contribution >= 4 is 7.60 Å². The average molecular weight is 491 g/mol. The molecule has 0 aliphatic heterocycles. The first-order valence-electron chi connectivity index (χ1n) is 13.8. The van der Waals surface area contributed by atoms with Crippen molar-refractivity contribution < 1.29 is 23.9 Å². The van der Waals surface area contributed by atoms with E-state index in [1.165, 1.54) is 96.3 Å². The van der Waals surface area contributed by atoms with Gasteiger partial charge in [-0.1, -0.05) is 109 Å². The molecule has 0 heterocycles. The quantitative estimate of drug-likeness (QED) is 0.0598. The van der Waals surface area contributed by atoms with Crippen LogP contribution in [-0.2, 0) is 4.57 Å². The third kappa shape index (κ3) is 19.8. The van der Waals surface area contributed by atoms with Crippen LogP contribution in [0.15, 0.2) is 12.2 Å². The summed E-state index contributed by atoms with van der Waals surface area (Å²) < 4.78 is 12.1. The summed E-state index contributed by atoms with van der Waals surface area (Å²) >= 11 is 0. The van der Waals surface area contributed by atoms with Crippen LogP contribution in [0.25, 0.3) is 0 Å². The first kappa shape index (κ1) is 32.8. The lowest BCUT2D eigenvalue weighted by Gasteiger charge is -2.35. The molecule has 1 atom stereocenters. The van der Waals surface area contributed by atoms with Crippen molar-refractivity contribution in [2.24, 2.45) is 0 Å². The summed E-state index contributed by atoms with van der Waals surface area (Å²) in [5, 5.41) is 8.65. The zero-order valence-corrected chi connectivity index (χ0v) is 23.3. The molecule has 0 aromatic heterocycles. The molecular formula is C27H57NO4P+. The maximum atomic E-state index is 11.8. The van der Waals surface area contributed by atoms with Crippen LogP contribution in [0.3, 0.4) is 0 Å². The smallest absolute Gasteiger partial charge is 0.362 e. The predicted octanol–water partition coefficient (Wildman–Crippen LogP) is 7.55. The molecule has 0 aliphatic carbocycles. The molecule has 0 saturated carbocycles. The van der Waals surface area contributed by atoms with Crippen molar-refractivity contribution in [2.75, 3.05) is 27.7 Å². The molecule has 6 heteroatoms. The Labute approximate surface area is 205 Å². The lowest BCUT2D eigenvalue weighted by Crippen LogP contribution is -2.49. The van der Waals surface area contributed by atoms with Gasteiger partial charge in [0, 0.05) is 0 Å². The second-order valence-corrected chi connectivity index (χ2v) is 13.0. The molecule has 0 radical (unpaired) electrons. The molecular weight excluding hydrogens is 433 g/mol. The summed E-state index contributed by atoms with van der Waals surface area (Å²) in [4.78, 5) is 19.2. The molecule has 0 amide bonds. The van der Waals surface area contributed by atoms with Crippen molar-refractivity contribution in [3.8, 4) is 0 Å². The van der Waals surface area contributed by atoms with E-state index >= 15 is 0 Å². The summed E-state index contributed by atoms with van der Waals surface area (Å²) in [5.41, 5.74) is 0. The monoisotopic (exact) mass is 490 g/mol. The Morgan fingerprint density at radius 1 is 0.667 bits per heavy atom. The Hall–Kier alpha value is -0.190. The van der Waals surface area contributed by atoms with Gasteiger partial charge in [-0.05, 0) is 32.1 Å². The predicted molar refractivity (Wildman–Crippen MR) is 142 cm³/mol. The minimum Gasteiger partial charge on any atom is -0.373 e. The highest BCUT2D eigenvalue weighted by molar-refractivity contribution is 7.53. The fourth-order valence-corrected chi connectivity index (χ4v) is 5.51. The minimum atomic E-state index is -4.54. The number of aliphatic hydroxyl groups is 1. The largest absolute Gasteiger partial charge is 0.373 e. The third-order valence-corrected chi connectivity index (χ3v) is 7.79. The van der Waals surface area contributed by atoms with E-state index < -0.39 is 12.9 Å². The molecule has 3 N–H and O–H groups in total. The number of unbranched alkanes of at least 4 members (excludes halogenated alkanes) is 16. The highest BCUT2D eigenvalue weighted by Gasteiger charge is 2.48. The maximum absolute atomic E-state index is 11.8. The van der Waals surface area contributed by atoms with E-state index in [0.29, 0.717) is 10.9 Å². The van der Waals surface area contributed by atoms with E-state index in [1.54, 1.807) is 0 Å². The lowest BCUT2D eigenvalue weighted by molar-refractivity contribution is -0.875. The molecule has 0 aromatic rings. The fourth-order valence-electron chi connectivity index (χ4n) is 4.45. The Morgan fingerprint density at radius 3 is 1.39 bits per heavy atom. The minimum absolute atomic E-state index is 0.0635. The number of allylic oxidation sites excluding steroid dienone is 2. The van der Waals surface area contributed by atoms with Gasteiger partial charge in [0.1, 0.15) is 6.54 Å². The van der Waals surface area contributed by atoms with E-state index in [-0.39, 0.29) is 13.0 Å². The van der Waals surface area contributed by atoms with Gasteiger partial charge >= 0.3 is 7.60 Å². The topological polar surface area (TPSA) is 77.8 Å². The van der Waals surface area contributed by atoms with E-state index in [0.717, 1.165) is 12.8 Å². The van der Waals surface area contributed by atoms with Crippen molar-refractivity contribution in [3.63, 3.8) is 0 Å². The zero-order valence-electron chi connectivity index (χ0n) is 22.4. The van der Waals surface area contributed by atoms with Gasteiger partial charge in [-0.3, -0.25) is 4.57 Å². The summed E-state index contributed by atoms with van der Waals surface area (Å²) in [5.74, 6) is 0. The van der Waals surface area contributed by atoms with Gasteiger partial charge < -0.3 is 19.4 Å². The standard InChI is InChI=1S/C27H56NO4P/c1-5-6-7-8-9-10-11-12-13-14-15-16-17-18-19-20-21-22-23-24-25-27(29,33(30,31)32)26-28(2,3)4/h7-8,29H,5-6,9-26H2,1-4H3,(H-,30,31,32)/p+1/b8-7-. The van der Waals surface area contributed by atoms with Gasteiger partial charge in [0.25, 0.3) is 0 Å². The molecule has 0 aromatic carbocycles. The molecule has 33 heavy (non-hydrogen) atoms. The van der Waals surface area contributed by atoms with Gasteiger partial charge in [0.05, 0.1) is 21.1 Å².